The highest BCUT2D eigenvalue weighted by molar-refractivity contribution is 5.54. The SMILES string of the molecule is Nc1cc(O)ccc1O.[I-]. The molecule has 0 aliphatic carbocycles. The summed E-state index contributed by atoms with van der Waals surface area (Å²) in [5, 5.41) is 17.6. The van der Waals surface area contributed by atoms with Gasteiger partial charge in [-0.1, -0.05) is 0 Å². The van der Waals surface area contributed by atoms with E-state index in [9.17, 15) is 0 Å². The van der Waals surface area contributed by atoms with E-state index in [0.717, 1.165) is 0 Å². The number of nitrogen functional groups attached to an aromatic ring is 1. The first-order valence-corrected chi connectivity index (χ1v) is 2.47. The summed E-state index contributed by atoms with van der Waals surface area (Å²) in [6.07, 6.45) is 0. The molecule has 1 aromatic carbocycles. The lowest BCUT2D eigenvalue weighted by atomic mass is 10.3. The summed E-state index contributed by atoms with van der Waals surface area (Å²) in [5.74, 6) is 0.0538. The molecule has 4 N–H and O–H groups in total. The third-order valence-electron chi connectivity index (χ3n) is 1.01. The van der Waals surface area contributed by atoms with Gasteiger partial charge < -0.3 is 39.9 Å². The molecule has 3 nitrogen and oxygen atoms in total. The molecule has 0 saturated carbocycles. The van der Waals surface area contributed by atoms with Gasteiger partial charge in [-0.05, 0) is 12.1 Å². The fourth-order valence-corrected chi connectivity index (χ4v) is 0.542. The Morgan fingerprint density at radius 3 is 2.20 bits per heavy atom. The molecular formula is C6H7INO2-. The summed E-state index contributed by atoms with van der Waals surface area (Å²) >= 11 is 0. The number of phenols is 2. The van der Waals surface area contributed by atoms with Crippen LogP contribution in [0.1, 0.15) is 0 Å². The Bertz CT molecular complexity index is 227. The minimum atomic E-state index is -0.00667. The zero-order chi connectivity index (χ0) is 6.85. The normalized spacial score (nSPS) is 8.40. The van der Waals surface area contributed by atoms with Crippen LogP contribution in [-0.4, -0.2) is 10.2 Å². The maximum Gasteiger partial charge on any atom is 0.138 e. The Morgan fingerprint density at radius 2 is 1.80 bits per heavy atom. The van der Waals surface area contributed by atoms with Crippen molar-refractivity contribution in [3.63, 3.8) is 0 Å². The van der Waals surface area contributed by atoms with Crippen LogP contribution in [0.15, 0.2) is 18.2 Å². The molecule has 0 saturated heterocycles. The highest BCUT2D eigenvalue weighted by Gasteiger charge is 1.94. The maximum absolute atomic E-state index is 8.81. The number of anilines is 1. The number of hydrogen-bond acceptors (Lipinski definition) is 3. The van der Waals surface area contributed by atoms with Crippen molar-refractivity contribution in [2.45, 2.75) is 0 Å². The van der Waals surface area contributed by atoms with Crippen molar-refractivity contribution >= 4 is 5.69 Å². The van der Waals surface area contributed by atoms with Crippen LogP contribution >= 0.6 is 0 Å². The van der Waals surface area contributed by atoms with Gasteiger partial charge in [-0.25, -0.2) is 0 Å². The Labute approximate surface area is 75.5 Å². The second-order valence-corrected chi connectivity index (χ2v) is 1.74. The van der Waals surface area contributed by atoms with Crippen LogP contribution in [0, 0.1) is 0 Å². The van der Waals surface area contributed by atoms with Crippen molar-refractivity contribution in [1.29, 1.82) is 0 Å². The van der Waals surface area contributed by atoms with Gasteiger partial charge in [-0.15, -0.1) is 0 Å². The van der Waals surface area contributed by atoms with Crippen LogP contribution in [-0.2, 0) is 0 Å². The Balaban J connectivity index is 0.000000810. The molecule has 1 rings (SSSR count). The number of phenolic OH excluding ortho intramolecular Hbond substituents is 2. The number of nitrogens with two attached hydrogens (primary N) is 1. The van der Waals surface area contributed by atoms with E-state index in [-0.39, 0.29) is 41.2 Å². The lowest BCUT2D eigenvalue weighted by Crippen LogP contribution is -3.00. The van der Waals surface area contributed by atoms with Crippen LogP contribution < -0.4 is 29.7 Å². The molecule has 0 radical (unpaired) electrons. The van der Waals surface area contributed by atoms with Gasteiger partial charge in [-0.2, -0.15) is 0 Å². The number of halogens is 1. The van der Waals surface area contributed by atoms with E-state index in [4.69, 9.17) is 15.9 Å². The molecule has 0 heterocycles. The summed E-state index contributed by atoms with van der Waals surface area (Å²) in [4.78, 5) is 0. The van der Waals surface area contributed by atoms with Crippen LogP contribution in [0.25, 0.3) is 0 Å². The minimum absolute atomic E-state index is 0. The van der Waals surface area contributed by atoms with Gasteiger partial charge in [0.05, 0.1) is 5.69 Å². The molecular weight excluding hydrogens is 245 g/mol. The molecule has 0 amide bonds. The molecule has 0 aliphatic heterocycles. The predicted octanol–water partition coefficient (Wildman–Crippen LogP) is -2.32. The van der Waals surface area contributed by atoms with Gasteiger partial charge in [-0.3, -0.25) is 0 Å². The van der Waals surface area contributed by atoms with E-state index < -0.39 is 0 Å². The number of aromatic hydroxyl groups is 2. The quantitative estimate of drug-likeness (QED) is 0.210. The average molecular weight is 252 g/mol. The molecule has 56 valence electrons. The van der Waals surface area contributed by atoms with Gasteiger partial charge in [0.15, 0.2) is 0 Å². The third-order valence-corrected chi connectivity index (χ3v) is 1.01. The molecule has 0 atom stereocenters. The number of benzene rings is 1. The molecule has 0 unspecified atom stereocenters. The van der Waals surface area contributed by atoms with E-state index >= 15 is 0 Å². The highest BCUT2D eigenvalue weighted by atomic mass is 127. The molecule has 10 heavy (non-hydrogen) atoms. The van der Waals surface area contributed by atoms with Crippen molar-refractivity contribution in [2.75, 3.05) is 5.73 Å². The Hall–Kier alpha value is -0.650. The van der Waals surface area contributed by atoms with Crippen molar-refractivity contribution < 1.29 is 34.2 Å². The van der Waals surface area contributed by atoms with E-state index in [2.05, 4.69) is 0 Å². The van der Waals surface area contributed by atoms with Gasteiger partial charge in [0.25, 0.3) is 0 Å². The van der Waals surface area contributed by atoms with Crippen molar-refractivity contribution in [3.8, 4) is 11.5 Å². The van der Waals surface area contributed by atoms with Crippen molar-refractivity contribution in [3.05, 3.63) is 18.2 Å². The first-order valence-electron chi connectivity index (χ1n) is 2.47. The minimum Gasteiger partial charge on any atom is -1.00 e. The number of hydrogen-bond donors (Lipinski definition) is 3. The van der Waals surface area contributed by atoms with E-state index in [1.807, 2.05) is 0 Å². The van der Waals surface area contributed by atoms with Gasteiger partial charge in [0.2, 0.25) is 0 Å². The smallest absolute Gasteiger partial charge is 0.138 e. The van der Waals surface area contributed by atoms with E-state index in [1.165, 1.54) is 18.2 Å². The predicted molar refractivity (Wildman–Crippen MR) is 34.2 cm³/mol. The van der Waals surface area contributed by atoms with Crippen LogP contribution in [0.2, 0.25) is 0 Å². The lowest BCUT2D eigenvalue weighted by molar-refractivity contribution is -0.00000388. The van der Waals surface area contributed by atoms with Crippen LogP contribution in [0.5, 0.6) is 11.5 Å². The van der Waals surface area contributed by atoms with Gasteiger partial charge >= 0.3 is 0 Å². The average Bonchev–Trinajstić information content (AvgIpc) is 1.80. The largest absolute Gasteiger partial charge is 1.00 e. The molecule has 0 bridgehead atoms. The zero-order valence-electron chi connectivity index (χ0n) is 5.08. The monoisotopic (exact) mass is 252 g/mol. The molecule has 1 aromatic rings. The summed E-state index contributed by atoms with van der Waals surface area (Å²) in [7, 11) is 0. The van der Waals surface area contributed by atoms with Crippen LogP contribution in [0.4, 0.5) is 5.69 Å². The fourth-order valence-electron chi connectivity index (χ4n) is 0.542. The lowest BCUT2D eigenvalue weighted by Gasteiger charge is -1.96. The molecule has 0 spiro atoms. The summed E-state index contributed by atoms with van der Waals surface area (Å²) in [6.45, 7) is 0. The summed E-state index contributed by atoms with van der Waals surface area (Å²) in [5.41, 5.74) is 5.40. The first-order chi connectivity index (χ1) is 4.20. The van der Waals surface area contributed by atoms with Crippen LogP contribution in [0.3, 0.4) is 0 Å². The maximum atomic E-state index is 8.81. The summed E-state index contributed by atoms with van der Waals surface area (Å²) in [6, 6.07) is 3.99. The standard InChI is InChI=1S/C6H7NO2.HI/c7-5-3-4(8)1-2-6(5)9;/h1-3,8-9H,7H2;1H/p-1. The first kappa shape index (κ1) is 9.35. The zero-order valence-corrected chi connectivity index (χ0v) is 7.24. The second kappa shape index (κ2) is 3.50. The molecule has 0 fully saturated rings. The van der Waals surface area contributed by atoms with Crippen molar-refractivity contribution in [2.24, 2.45) is 0 Å². The third kappa shape index (κ3) is 1.94. The topological polar surface area (TPSA) is 66.5 Å². The highest BCUT2D eigenvalue weighted by Crippen LogP contribution is 2.23. The Morgan fingerprint density at radius 1 is 1.20 bits per heavy atom. The Kier molecular flexibility index (Phi) is 3.27. The van der Waals surface area contributed by atoms with Crippen molar-refractivity contribution in [1.82, 2.24) is 0 Å². The fraction of sp³-hybridized carbons (Fsp3) is 0. The van der Waals surface area contributed by atoms with E-state index in [1.54, 1.807) is 0 Å². The summed E-state index contributed by atoms with van der Waals surface area (Å²) < 4.78 is 0. The van der Waals surface area contributed by atoms with Gasteiger partial charge in [0.1, 0.15) is 11.5 Å². The molecule has 0 aromatic heterocycles. The van der Waals surface area contributed by atoms with E-state index in [0.29, 0.717) is 0 Å². The van der Waals surface area contributed by atoms with Gasteiger partial charge in [0, 0.05) is 6.07 Å². The number of rotatable bonds is 0. The molecule has 4 heteroatoms. The molecule has 0 aliphatic rings. The second-order valence-electron chi connectivity index (χ2n) is 1.74.